The van der Waals surface area contributed by atoms with Crippen LogP contribution in [-0.2, 0) is 0 Å². The Labute approximate surface area is 142 Å². The number of nitrogens with zero attached hydrogens (tertiary/aromatic N) is 1. The highest BCUT2D eigenvalue weighted by Gasteiger charge is 2.14. The molecule has 0 unspecified atom stereocenters. The molecule has 0 saturated heterocycles. The highest BCUT2D eigenvalue weighted by Crippen LogP contribution is 2.26. The second-order valence-electron chi connectivity index (χ2n) is 6.00. The van der Waals surface area contributed by atoms with Crippen molar-refractivity contribution in [3.05, 3.63) is 65.7 Å². The van der Waals surface area contributed by atoms with Gasteiger partial charge in [0.05, 0.1) is 16.8 Å². The molecule has 0 atom stereocenters. The molecule has 0 spiro atoms. The number of pyridine rings is 1. The van der Waals surface area contributed by atoms with Crippen LogP contribution < -0.4 is 5.32 Å². The Kier molecular flexibility index (Phi) is 4.90. The van der Waals surface area contributed by atoms with Crippen LogP contribution in [0.4, 0.5) is 0 Å². The minimum Gasteiger partial charge on any atom is -0.352 e. The summed E-state index contributed by atoms with van der Waals surface area (Å²) in [5.41, 5.74) is 4.51. The highest BCUT2D eigenvalue weighted by atomic mass is 16.1. The van der Waals surface area contributed by atoms with Crippen LogP contribution in [0.15, 0.2) is 54.6 Å². The molecule has 0 aliphatic carbocycles. The molecule has 3 aromatic rings. The summed E-state index contributed by atoms with van der Waals surface area (Å²) < 4.78 is 0. The second-order valence-corrected chi connectivity index (χ2v) is 6.00. The van der Waals surface area contributed by atoms with Crippen LogP contribution in [0.5, 0.6) is 0 Å². The zero-order valence-corrected chi connectivity index (χ0v) is 14.2. The molecule has 0 aliphatic rings. The summed E-state index contributed by atoms with van der Waals surface area (Å²) in [5, 5.41) is 3.93. The first-order valence-corrected chi connectivity index (χ1v) is 8.44. The number of rotatable bonds is 5. The zero-order chi connectivity index (χ0) is 16.9. The largest absolute Gasteiger partial charge is 0.352 e. The first-order chi connectivity index (χ1) is 11.7. The Hall–Kier alpha value is -2.68. The number of aromatic nitrogens is 1. The Balaban J connectivity index is 2.12. The number of aryl methyl sites for hydroxylation is 1. The fourth-order valence-corrected chi connectivity index (χ4v) is 2.81. The molecular weight excluding hydrogens is 296 g/mol. The van der Waals surface area contributed by atoms with Gasteiger partial charge in [0, 0.05) is 17.5 Å². The monoisotopic (exact) mass is 318 g/mol. The molecule has 1 N–H and O–H groups in total. The standard InChI is InChI=1S/C21H22N2O/c1-3-4-13-22-21(24)18-14-19(16-10-6-5-7-11-16)23-20-15(2)9-8-12-17(18)20/h5-12,14H,3-4,13H2,1-2H3,(H,22,24). The quantitative estimate of drug-likeness (QED) is 0.690. The fourth-order valence-electron chi connectivity index (χ4n) is 2.81. The number of carbonyl (C=O) groups excluding carboxylic acids is 1. The van der Waals surface area contributed by atoms with Crippen molar-refractivity contribution in [2.24, 2.45) is 0 Å². The van der Waals surface area contributed by atoms with Gasteiger partial charge >= 0.3 is 0 Å². The maximum absolute atomic E-state index is 12.7. The summed E-state index contributed by atoms with van der Waals surface area (Å²) in [7, 11) is 0. The fraction of sp³-hybridized carbons (Fsp3) is 0.238. The minimum absolute atomic E-state index is 0.0290. The number of hydrogen-bond donors (Lipinski definition) is 1. The molecular formula is C21H22N2O. The predicted molar refractivity (Wildman–Crippen MR) is 99.2 cm³/mol. The van der Waals surface area contributed by atoms with Crippen molar-refractivity contribution < 1.29 is 4.79 Å². The van der Waals surface area contributed by atoms with E-state index in [0.717, 1.165) is 40.6 Å². The van der Waals surface area contributed by atoms with E-state index < -0.39 is 0 Å². The molecule has 0 saturated carbocycles. The summed E-state index contributed by atoms with van der Waals surface area (Å²) >= 11 is 0. The van der Waals surface area contributed by atoms with E-state index in [9.17, 15) is 4.79 Å². The number of fused-ring (bicyclic) bond motifs is 1. The van der Waals surface area contributed by atoms with Gasteiger partial charge in [-0.25, -0.2) is 4.98 Å². The van der Waals surface area contributed by atoms with Crippen molar-refractivity contribution >= 4 is 16.8 Å². The maximum Gasteiger partial charge on any atom is 0.252 e. The van der Waals surface area contributed by atoms with Gasteiger partial charge in [-0.2, -0.15) is 0 Å². The Morgan fingerprint density at radius 1 is 1.08 bits per heavy atom. The SMILES string of the molecule is CCCCNC(=O)c1cc(-c2ccccc2)nc2c(C)cccc12. The molecule has 2 aromatic carbocycles. The third kappa shape index (κ3) is 3.30. The Bertz CT molecular complexity index is 856. The first kappa shape index (κ1) is 16.2. The molecule has 24 heavy (non-hydrogen) atoms. The van der Waals surface area contributed by atoms with Gasteiger partial charge in [0.25, 0.3) is 5.91 Å². The molecule has 0 radical (unpaired) electrons. The summed E-state index contributed by atoms with van der Waals surface area (Å²) in [6, 6.07) is 17.9. The van der Waals surface area contributed by atoms with E-state index in [2.05, 4.69) is 12.2 Å². The summed E-state index contributed by atoms with van der Waals surface area (Å²) in [4.78, 5) is 17.5. The molecule has 3 nitrogen and oxygen atoms in total. The molecule has 1 aromatic heterocycles. The van der Waals surface area contributed by atoms with E-state index >= 15 is 0 Å². The van der Waals surface area contributed by atoms with Gasteiger partial charge in [-0.3, -0.25) is 4.79 Å². The van der Waals surface area contributed by atoms with Crippen LogP contribution in [0.3, 0.4) is 0 Å². The Morgan fingerprint density at radius 3 is 2.62 bits per heavy atom. The van der Waals surface area contributed by atoms with E-state index in [1.807, 2.05) is 61.5 Å². The zero-order valence-electron chi connectivity index (χ0n) is 14.2. The van der Waals surface area contributed by atoms with Gasteiger partial charge in [0.15, 0.2) is 0 Å². The smallest absolute Gasteiger partial charge is 0.252 e. The second kappa shape index (κ2) is 7.26. The van der Waals surface area contributed by atoms with Gasteiger partial charge in [-0.05, 0) is 25.0 Å². The van der Waals surface area contributed by atoms with Crippen LogP contribution in [0, 0.1) is 6.92 Å². The third-order valence-corrected chi connectivity index (χ3v) is 4.17. The topological polar surface area (TPSA) is 42.0 Å². The molecule has 1 heterocycles. The van der Waals surface area contributed by atoms with Crippen molar-refractivity contribution in [2.45, 2.75) is 26.7 Å². The number of carbonyl (C=O) groups is 1. The number of nitrogens with one attached hydrogen (secondary N) is 1. The van der Waals surface area contributed by atoms with Crippen molar-refractivity contribution in [1.82, 2.24) is 10.3 Å². The van der Waals surface area contributed by atoms with E-state index in [4.69, 9.17) is 4.98 Å². The average Bonchev–Trinajstić information content (AvgIpc) is 2.62. The third-order valence-electron chi connectivity index (χ3n) is 4.17. The van der Waals surface area contributed by atoms with Crippen molar-refractivity contribution in [3.63, 3.8) is 0 Å². The highest BCUT2D eigenvalue weighted by molar-refractivity contribution is 6.07. The number of hydrogen-bond acceptors (Lipinski definition) is 2. The lowest BCUT2D eigenvalue weighted by Crippen LogP contribution is -2.24. The lowest BCUT2D eigenvalue weighted by molar-refractivity contribution is 0.0955. The molecule has 0 aliphatic heterocycles. The maximum atomic E-state index is 12.7. The van der Waals surface area contributed by atoms with E-state index in [1.165, 1.54) is 0 Å². The number of unbranched alkanes of at least 4 members (excludes halogenated alkanes) is 1. The molecule has 3 rings (SSSR count). The van der Waals surface area contributed by atoms with Crippen LogP contribution in [0.2, 0.25) is 0 Å². The first-order valence-electron chi connectivity index (χ1n) is 8.44. The van der Waals surface area contributed by atoms with Crippen LogP contribution in [-0.4, -0.2) is 17.4 Å². The van der Waals surface area contributed by atoms with Crippen LogP contribution in [0.1, 0.15) is 35.7 Å². The lowest BCUT2D eigenvalue weighted by atomic mass is 10.0. The van der Waals surface area contributed by atoms with Gasteiger partial charge in [-0.1, -0.05) is 61.9 Å². The van der Waals surface area contributed by atoms with Crippen molar-refractivity contribution in [2.75, 3.05) is 6.54 Å². The summed E-state index contributed by atoms with van der Waals surface area (Å²) in [6.45, 7) is 4.85. The molecule has 122 valence electrons. The molecule has 0 fully saturated rings. The van der Waals surface area contributed by atoms with Gasteiger partial charge in [-0.15, -0.1) is 0 Å². The van der Waals surface area contributed by atoms with Crippen molar-refractivity contribution in [3.8, 4) is 11.3 Å². The number of benzene rings is 2. The molecule has 1 amide bonds. The minimum atomic E-state index is -0.0290. The number of amides is 1. The van der Waals surface area contributed by atoms with Gasteiger partial charge in [0.2, 0.25) is 0 Å². The average molecular weight is 318 g/mol. The van der Waals surface area contributed by atoms with E-state index in [0.29, 0.717) is 12.1 Å². The Morgan fingerprint density at radius 2 is 1.88 bits per heavy atom. The predicted octanol–water partition coefficient (Wildman–Crippen LogP) is 4.74. The lowest BCUT2D eigenvalue weighted by Gasteiger charge is -2.12. The number of para-hydroxylation sites is 1. The normalized spacial score (nSPS) is 10.8. The molecule has 0 bridgehead atoms. The van der Waals surface area contributed by atoms with Crippen LogP contribution >= 0.6 is 0 Å². The summed E-state index contributed by atoms with van der Waals surface area (Å²) in [6.07, 6.45) is 2.05. The molecule has 3 heteroatoms. The van der Waals surface area contributed by atoms with Gasteiger partial charge in [0.1, 0.15) is 0 Å². The van der Waals surface area contributed by atoms with Crippen LogP contribution in [0.25, 0.3) is 22.2 Å². The van der Waals surface area contributed by atoms with E-state index in [-0.39, 0.29) is 5.91 Å². The van der Waals surface area contributed by atoms with Crippen molar-refractivity contribution in [1.29, 1.82) is 0 Å². The van der Waals surface area contributed by atoms with E-state index in [1.54, 1.807) is 0 Å². The van der Waals surface area contributed by atoms with Gasteiger partial charge < -0.3 is 5.32 Å². The summed E-state index contributed by atoms with van der Waals surface area (Å²) in [5.74, 6) is -0.0290.